The van der Waals surface area contributed by atoms with Gasteiger partial charge in [0.2, 0.25) is 0 Å². The molecule has 1 aromatic carbocycles. The maximum atomic E-state index is 11.1. The van der Waals surface area contributed by atoms with E-state index >= 15 is 0 Å². The van der Waals surface area contributed by atoms with Gasteiger partial charge >= 0.3 is 5.97 Å². The van der Waals surface area contributed by atoms with Crippen LogP contribution in [-0.2, 0) is 14.9 Å². The topological polar surface area (TPSA) is 35.5 Å². The molecule has 0 N–H and O–H groups in total. The Bertz CT molecular complexity index is 388. The van der Waals surface area contributed by atoms with Crippen molar-refractivity contribution in [3.05, 3.63) is 29.8 Å². The molecule has 86 valence electrons. The van der Waals surface area contributed by atoms with Gasteiger partial charge in [-0.2, -0.15) is 0 Å². The van der Waals surface area contributed by atoms with Crippen LogP contribution in [0.3, 0.4) is 0 Å². The Hall–Kier alpha value is -1.51. The first kappa shape index (κ1) is 11.0. The van der Waals surface area contributed by atoms with E-state index in [1.54, 1.807) is 7.11 Å². The second-order valence-corrected chi connectivity index (χ2v) is 4.45. The van der Waals surface area contributed by atoms with Crippen molar-refractivity contribution in [2.45, 2.75) is 25.2 Å². The third-order valence-corrected chi connectivity index (χ3v) is 3.20. The lowest BCUT2D eigenvalue weighted by molar-refractivity contribution is -0.150. The monoisotopic (exact) mass is 220 g/mol. The highest BCUT2D eigenvalue weighted by molar-refractivity contribution is 5.70. The van der Waals surface area contributed by atoms with E-state index in [9.17, 15) is 4.79 Å². The largest absolute Gasteiger partial charge is 0.497 e. The van der Waals surface area contributed by atoms with Gasteiger partial charge in [-0.1, -0.05) is 19.1 Å². The summed E-state index contributed by atoms with van der Waals surface area (Å²) in [5.74, 6) is 0.746. The van der Waals surface area contributed by atoms with Crippen LogP contribution < -0.4 is 4.74 Å². The van der Waals surface area contributed by atoms with E-state index < -0.39 is 0 Å². The van der Waals surface area contributed by atoms with Crippen molar-refractivity contribution in [2.24, 2.45) is 0 Å². The Morgan fingerprint density at radius 2 is 2.25 bits per heavy atom. The summed E-state index contributed by atoms with van der Waals surface area (Å²) in [6.07, 6.45) is 1.33. The summed E-state index contributed by atoms with van der Waals surface area (Å²) in [6.45, 7) is 2.58. The number of methoxy groups -OCH3 is 1. The highest BCUT2D eigenvalue weighted by Crippen LogP contribution is 2.34. The van der Waals surface area contributed by atoms with Crippen LogP contribution in [0, 0.1) is 0 Å². The highest BCUT2D eigenvalue weighted by atomic mass is 16.5. The van der Waals surface area contributed by atoms with Crippen molar-refractivity contribution in [2.75, 3.05) is 13.7 Å². The quantitative estimate of drug-likeness (QED) is 0.717. The molecule has 0 spiro atoms. The van der Waals surface area contributed by atoms with Crippen molar-refractivity contribution >= 4 is 5.97 Å². The third kappa shape index (κ3) is 2.03. The predicted molar refractivity (Wildman–Crippen MR) is 60.5 cm³/mol. The Morgan fingerprint density at radius 1 is 1.44 bits per heavy atom. The summed E-state index contributed by atoms with van der Waals surface area (Å²) in [5.41, 5.74) is 1.09. The summed E-state index contributed by atoms with van der Waals surface area (Å²) in [6, 6.07) is 7.96. The standard InChI is InChI=1S/C13H16O3/c1-13(7-6-12(14)16-9-13)10-4-3-5-11(8-10)15-2/h3-5,8H,6-7,9H2,1-2H3/t13-/m0/s1. The van der Waals surface area contributed by atoms with E-state index in [-0.39, 0.29) is 11.4 Å². The molecule has 0 saturated carbocycles. The molecule has 1 aliphatic rings. The zero-order valence-corrected chi connectivity index (χ0v) is 9.66. The first-order valence-electron chi connectivity index (χ1n) is 5.44. The number of benzene rings is 1. The Labute approximate surface area is 95.4 Å². The number of hydrogen-bond donors (Lipinski definition) is 0. The normalized spacial score (nSPS) is 25.0. The minimum Gasteiger partial charge on any atom is -0.497 e. The molecule has 1 heterocycles. The van der Waals surface area contributed by atoms with Crippen molar-refractivity contribution in [3.63, 3.8) is 0 Å². The van der Waals surface area contributed by atoms with Crippen LogP contribution in [0.5, 0.6) is 5.75 Å². The number of hydrogen-bond acceptors (Lipinski definition) is 3. The van der Waals surface area contributed by atoms with Crippen molar-refractivity contribution in [3.8, 4) is 5.75 Å². The Balaban J connectivity index is 2.25. The summed E-state index contributed by atoms with van der Waals surface area (Å²) in [4.78, 5) is 11.1. The molecule has 16 heavy (non-hydrogen) atoms. The molecule has 0 aliphatic carbocycles. The van der Waals surface area contributed by atoms with Gasteiger partial charge < -0.3 is 9.47 Å². The second kappa shape index (κ2) is 4.16. The van der Waals surface area contributed by atoms with Gasteiger partial charge in [0.05, 0.1) is 7.11 Å². The van der Waals surface area contributed by atoms with Crippen LogP contribution in [0.4, 0.5) is 0 Å². The van der Waals surface area contributed by atoms with Gasteiger partial charge in [0.25, 0.3) is 0 Å². The Morgan fingerprint density at radius 3 is 2.88 bits per heavy atom. The van der Waals surface area contributed by atoms with Crippen molar-refractivity contribution in [1.29, 1.82) is 0 Å². The number of carbonyl (C=O) groups excluding carboxylic acids is 1. The summed E-state index contributed by atoms with van der Waals surface area (Å²) in [5, 5.41) is 0. The summed E-state index contributed by atoms with van der Waals surface area (Å²) in [7, 11) is 1.66. The van der Waals surface area contributed by atoms with E-state index in [1.165, 1.54) is 5.56 Å². The number of cyclic esters (lactones) is 1. The average molecular weight is 220 g/mol. The van der Waals surface area contributed by atoms with Crippen molar-refractivity contribution < 1.29 is 14.3 Å². The zero-order valence-electron chi connectivity index (χ0n) is 9.66. The molecule has 0 bridgehead atoms. The van der Waals surface area contributed by atoms with Crippen LogP contribution in [-0.4, -0.2) is 19.7 Å². The predicted octanol–water partition coefficient (Wildman–Crippen LogP) is 2.29. The molecule has 3 heteroatoms. The van der Waals surface area contributed by atoms with E-state index in [0.717, 1.165) is 12.2 Å². The summed E-state index contributed by atoms with van der Waals surface area (Å²) < 4.78 is 10.3. The SMILES string of the molecule is COc1cccc([C@@]2(C)CCC(=O)OC2)c1. The minimum absolute atomic E-state index is 0.0809. The van der Waals surface area contributed by atoms with Crippen LogP contribution in [0.1, 0.15) is 25.3 Å². The molecule has 1 aliphatic heterocycles. The maximum Gasteiger partial charge on any atom is 0.305 e. The van der Waals surface area contributed by atoms with E-state index in [2.05, 4.69) is 13.0 Å². The van der Waals surface area contributed by atoms with Gasteiger partial charge in [-0.05, 0) is 24.1 Å². The van der Waals surface area contributed by atoms with Gasteiger partial charge in [0.15, 0.2) is 0 Å². The molecule has 0 amide bonds. The molecule has 1 aromatic rings. The van der Waals surface area contributed by atoms with Gasteiger partial charge in [0, 0.05) is 11.8 Å². The lowest BCUT2D eigenvalue weighted by atomic mass is 9.78. The fraction of sp³-hybridized carbons (Fsp3) is 0.462. The molecule has 0 radical (unpaired) electrons. The first-order valence-corrected chi connectivity index (χ1v) is 5.44. The number of ether oxygens (including phenoxy) is 2. The molecule has 1 saturated heterocycles. The maximum absolute atomic E-state index is 11.1. The van der Waals surface area contributed by atoms with E-state index in [1.807, 2.05) is 18.2 Å². The second-order valence-electron chi connectivity index (χ2n) is 4.45. The molecule has 2 rings (SSSR count). The number of rotatable bonds is 2. The molecular formula is C13H16O3. The van der Waals surface area contributed by atoms with Gasteiger partial charge in [-0.15, -0.1) is 0 Å². The van der Waals surface area contributed by atoms with Crippen molar-refractivity contribution in [1.82, 2.24) is 0 Å². The lowest BCUT2D eigenvalue weighted by Crippen LogP contribution is -2.35. The molecule has 0 unspecified atom stereocenters. The molecule has 1 fully saturated rings. The van der Waals surface area contributed by atoms with Crippen LogP contribution in [0.2, 0.25) is 0 Å². The number of esters is 1. The van der Waals surface area contributed by atoms with Gasteiger partial charge in [-0.3, -0.25) is 4.79 Å². The average Bonchev–Trinajstić information content (AvgIpc) is 2.33. The van der Waals surface area contributed by atoms with Crippen LogP contribution in [0.25, 0.3) is 0 Å². The fourth-order valence-corrected chi connectivity index (χ4v) is 1.99. The van der Waals surface area contributed by atoms with E-state index in [4.69, 9.17) is 9.47 Å². The van der Waals surface area contributed by atoms with E-state index in [0.29, 0.717) is 13.0 Å². The third-order valence-electron chi connectivity index (χ3n) is 3.20. The summed E-state index contributed by atoms with van der Waals surface area (Å²) >= 11 is 0. The lowest BCUT2D eigenvalue weighted by Gasteiger charge is -2.33. The number of carbonyl (C=O) groups is 1. The first-order chi connectivity index (χ1) is 7.64. The smallest absolute Gasteiger partial charge is 0.305 e. The van der Waals surface area contributed by atoms with Crippen LogP contribution in [0.15, 0.2) is 24.3 Å². The molecule has 0 aromatic heterocycles. The highest BCUT2D eigenvalue weighted by Gasteiger charge is 2.33. The van der Waals surface area contributed by atoms with Gasteiger partial charge in [0.1, 0.15) is 12.4 Å². The molecular weight excluding hydrogens is 204 g/mol. The zero-order chi connectivity index (χ0) is 11.6. The Kier molecular flexibility index (Phi) is 2.86. The minimum atomic E-state index is -0.0969. The molecule has 3 nitrogen and oxygen atoms in total. The fourth-order valence-electron chi connectivity index (χ4n) is 1.99. The van der Waals surface area contributed by atoms with Crippen LogP contribution >= 0.6 is 0 Å². The van der Waals surface area contributed by atoms with Gasteiger partial charge in [-0.25, -0.2) is 0 Å². The molecule has 1 atom stereocenters.